The van der Waals surface area contributed by atoms with E-state index in [-0.39, 0.29) is 17.4 Å². The lowest BCUT2D eigenvalue weighted by atomic mass is 10.1. The van der Waals surface area contributed by atoms with Gasteiger partial charge >= 0.3 is 0 Å². The summed E-state index contributed by atoms with van der Waals surface area (Å²) in [6.45, 7) is 3.51. The van der Waals surface area contributed by atoms with Crippen LogP contribution >= 0.6 is 0 Å². The van der Waals surface area contributed by atoms with Crippen molar-refractivity contribution in [3.8, 4) is 5.88 Å². The molecule has 1 amide bonds. The quantitative estimate of drug-likeness (QED) is 0.413. The largest absolute Gasteiger partial charge is 0.480 e. The van der Waals surface area contributed by atoms with Crippen LogP contribution < -0.4 is 20.9 Å². The highest BCUT2D eigenvalue weighted by atomic mass is 16.5. The number of aromatic nitrogens is 4. The average Bonchev–Trinajstić information content (AvgIpc) is 3.21. The van der Waals surface area contributed by atoms with Crippen LogP contribution in [0.15, 0.2) is 35.3 Å². The maximum absolute atomic E-state index is 12.5. The molecule has 1 saturated heterocycles. The van der Waals surface area contributed by atoms with Gasteiger partial charge in [-0.1, -0.05) is 6.07 Å². The molecule has 0 bridgehead atoms. The summed E-state index contributed by atoms with van der Waals surface area (Å²) in [6.07, 6.45) is 2.29. The summed E-state index contributed by atoms with van der Waals surface area (Å²) in [7, 11) is 1.51. The van der Waals surface area contributed by atoms with Gasteiger partial charge in [0.25, 0.3) is 5.56 Å². The lowest BCUT2D eigenvalue weighted by molar-refractivity contribution is -0.116. The van der Waals surface area contributed by atoms with Gasteiger partial charge in [0, 0.05) is 57.7 Å². The zero-order valence-corrected chi connectivity index (χ0v) is 19.6. The van der Waals surface area contributed by atoms with Crippen LogP contribution in [-0.2, 0) is 24.3 Å². The second-order valence-electron chi connectivity index (χ2n) is 9.02. The highest BCUT2D eigenvalue weighted by Gasteiger charge is 2.30. The third-order valence-electron chi connectivity index (χ3n) is 6.62. The van der Waals surface area contributed by atoms with Gasteiger partial charge in [-0.3, -0.25) is 19.1 Å². The van der Waals surface area contributed by atoms with Gasteiger partial charge in [0.2, 0.25) is 11.8 Å². The van der Waals surface area contributed by atoms with Crippen molar-refractivity contribution in [1.82, 2.24) is 29.7 Å². The summed E-state index contributed by atoms with van der Waals surface area (Å²) in [5.74, 6) is 1.08. The molecule has 0 aromatic carbocycles. The first-order valence-corrected chi connectivity index (χ1v) is 11.8. The molecule has 0 unspecified atom stereocenters. The zero-order valence-electron chi connectivity index (χ0n) is 19.6. The van der Waals surface area contributed by atoms with Gasteiger partial charge in [-0.2, -0.15) is 4.98 Å². The maximum atomic E-state index is 12.5. The van der Waals surface area contributed by atoms with Crippen LogP contribution in [0.1, 0.15) is 17.7 Å². The number of hydrogen-bond donors (Lipinski definition) is 3. The number of fused-ring (bicyclic) bond motifs is 2. The van der Waals surface area contributed by atoms with Crippen LogP contribution in [0, 0.1) is 5.92 Å². The smallest absolute Gasteiger partial charge is 0.252 e. The topological polar surface area (TPSA) is 134 Å². The molecule has 5 heterocycles. The molecule has 11 nitrogen and oxygen atoms in total. The van der Waals surface area contributed by atoms with Crippen molar-refractivity contribution in [3.05, 3.63) is 52.1 Å². The predicted octanol–water partition coefficient (Wildman–Crippen LogP) is 0.162. The maximum Gasteiger partial charge on any atom is 0.252 e. The highest BCUT2D eigenvalue weighted by molar-refractivity contribution is 5.92. The van der Waals surface area contributed by atoms with Crippen molar-refractivity contribution in [2.75, 3.05) is 38.6 Å². The number of nitrogens with zero attached hydrogens (tertiary/aromatic N) is 5. The number of aliphatic hydroxyl groups excluding tert-OH is 1. The van der Waals surface area contributed by atoms with E-state index in [1.54, 1.807) is 10.6 Å². The van der Waals surface area contributed by atoms with E-state index in [1.807, 2.05) is 12.1 Å². The van der Waals surface area contributed by atoms with E-state index in [0.717, 1.165) is 24.2 Å². The second kappa shape index (κ2) is 10.1. The van der Waals surface area contributed by atoms with Crippen molar-refractivity contribution in [1.29, 1.82) is 0 Å². The normalized spacial score (nSPS) is 20.1. The molecule has 2 aliphatic rings. The molecule has 0 aliphatic carbocycles. The van der Waals surface area contributed by atoms with Crippen LogP contribution in [0.2, 0.25) is 0 Å². The Morgan fingerprint density at radius 1 is 1.14 bits per heavy atom. The fourth-order valence-electron chi connectivity index (χ4n) is 4.68. The SMILES string of the molecule is COc1cnc2ccc(=O)n(CCN3C[C@H](CNCc4ccc5c(n4)NC(=O)CC5)[C@H](O)C3)c2n1. The number of likely N-dealkylation sites (tertiary alicyclic amines) is 1. The number of ether oxygens (including phenoxy) is 1. The molecular weight excluding hydrogens is 450 g/mol. The molecule has 35 heavy (non-hydrogen) atoms. The van der Waals surface area contributed by atoms with Gasteiger partial charge in [-0.25, -0.2) is 9.97 Å². The van der Waals surface area contributed by atoms with Crippen LogP contribution in [0.4, 0.5) is 5.82 Å². The molecule has 184 valence electrons. The number of anilines is 1. The van der Waals surface area contributed by atoms with E-state index in [9.17, 15) is 14.7 Å². The van der Waals surface area contributed by atoms with E-state index < -0.39 is 6.10 Å². The van der Waals surface area contributed by atoms with Crippen molar-refractivity contribution in [2.45, 2.75) is 32.0 Å². The Hall–Kier alpha value is -3.41. The Morgan fingerprint density at radius 3 is 2.89 bits per heavy atom. The molecule has 3 N–H and O–H groups in total. The molecule has 1 fully saturated rings. The fraction of sp³-hybridized carbons (Fsp3) is 0.458. The summed E-state index contributed by atoms with van der Waals surface area (Å²) in [5, 5.41) is 16.8. The average molecular weight is 480 g/mol. The number of nitrogens with one attached hydrogen (secondary N) is 2. The van der Waals surface area contributed by atoms with Crippen LogP contribution in [0.25, 0.3) is 11.2 Å². The molecule has 3 aromatic heterocycles. The lowest BCUT2D eigenvalue weighted by Crippen LogP contribution is -2.31. The van der Waals surface area contributed by atoms with E-state index >= 15 is 0 Å². The minimum atomic E-state index is -0.456. The van der Waals surface area contributed by atoms with Crippen molar-refractivity contribution in [2.24, 2.45) is 5.92 Å². The molecule has 2 aliphatic heterocycles. The number of methoxy groups -OCH3 is 1. The van der Waals surface area contributed by atoms with E-state index in [4.69, 9.17) is 4.74 Å². The van der Waals surface area contributed by atoms with E-state index in [1.165, 1.54) is 19.4 Å². The Labute approximate surface area is 202 Å². The van der Waals surface area contributed by atoms with Crippen molar-refractivity contribution < 1.29 is 14.6 Å². The standard InChI is InChI=1S/C24H29N7O4/c1-35-21-12-26-18-5-7-22(34)31(24(18)29-21)9-8-30-13-16(19(32)14-30)10-25-11-17-4-2-15-3-6-20(33)28-23(15)27-17/h2,4-5,7,12,16,19,25,32H,3,6,8-11,13-14H2,1H3,(H,27,28,33)/t16-,19+/m0/s1. The molecule has 5 rings (SSSR count). The van der Waals surface area contributed by atoms with Gasteiger partial charge in [0.05, 0.1) is 25.1 Å². The number of hydrogen-bond acceptors (Lipinski definition) is 9. The van der Waals surface area contributed by atoms with Crippen LogP contribution in [-0.4, -0.2) is 74.8 Å². The molecular formula is C24H29N7O4. The summed E-state index contributed by atoms with van der Waals surface area (Å²) < 4.78 is 6.76. The summed E-state index contributed by atoms with van der Waals surface area (Å²) >= 11 is 0. The van der Waals surface area contributed by atoms with Crippen molar-refractivity contribution >= 4 is 22.9 Å². The number of carbonyl (C=O) groups is 1. The first-order valence-electron chi connectivity index (χ1n) is 11.8. The van der Waals surface area contributed by atoms with Crippen molar-refractivity contribution in [3.63, 3.8) is 0 Å². The Morgan fingerprint density at radius 2 is 2.03 bits per heavy atom. The number of β-amino-alcohol motifs (C(OH)–C–C–N with tert-alkyl or cyclic N) is 1. The van der Waals surface area contributed by atoms with Gasteiger partial charge in [-0.15, -0.1) is 0 Å². The number of carbonyl (C=O) groups excluding carboxylic acids is 1. The van der Waals surface area contributed by atoms with Gasteiger partial charge in [-0.05, 0) is 24.1 Å². The first kappa shape index (κ1) is 23.3. The number of aryl methyl sites for hydroxylation is 1. The van der Waals surface area contributed by atoms with E-state index in [0.29, 0.717) is 62.0 Å². The molecule has 3 aromatic rings. The third-order valence-corrected chi connectivity index (χ3v) is 6.62. The van der Waals surface area contributed by atoms with Crippen LogP contribution in [0.5, 0.6) is 5.88 Å². The number of pyridine rings is 2. The molecule has 11 heteroatoms. The number of rotatable bonds is 8. The zero-order chi connectivity index (χ0) is 24.4. The molecule has 0 saturated carbocycles. The minimum Gasteiger partial charge on any atom is -0.480 e. The molecule has 0 spiro atoms. The van der Waals surface area contributed by atoms with E-state index in [2.05, 4.69) is 30.5 Å². The number of amides is 1. The second-order valence-corrected chi connectivity index (χ2v) is 9.02. The Balaban J connectivity index is 1.16. The summed E-state index contributed by atoms with van der Waals surface area (Å²) in [6, 6.07) is 7.14. The van der Waals surface area contributed by atoms with Gasteiger partial charge in [0.1, 0.15) is 11.3 Å². The first-order chi connectivity index (χ1) is 17.0. The highest BCUT2D eigenvalue weighted by Crippen LogP contribution is 2.21. The fourth-order valence-corrected chi connectivity index (χ4v) is 4.68. The van der Waals surface area contributed by atoms with Crippen LogP contribution in [0.3, 0.4) is 0 Å². The minimum absolute atomic E-state index is 0.00113. The monoisotopic (exact) mass is 479 g/mol. The lowest BCUT2D eigenvalue weighted by Gasteiger charge is -2.18. The predicted molar refractivity (Wildman–Crippen MR) is 129 cm³/mol. The Bertz CT molecular complexity index is 1290. The molecule has 2 atom stereocenters. The molecule has 0 radical (unpaired) electrons. The number of aliphatic hydroxyl groups is 1. The van der Waals surface area contributed by atoms with Gasteiger partial charge < -0.3 is 20.5 Å². The third kappa shape index (κ3) is 5.16. The van der Waals surface area contributed by atoms with Gasteiger partial charge in [0.15, 0.2) is 5.65 Å². The summed E-state index contributed by atoms with van der Waals surface area (Å²) in [4.78, 5) is 39.5. The summed E-state index contributed by atoms with van der Waals surface area (Å²) in [5.41, 5.74) is 2.88. The Kier molecular flexibility index (Phi) is 6.71.